The van der Waals surface area contributed by atoms with Gasteiger partial charge >= 0.3 is 0 Å². The van der Waals surface area contributed by atoms with E-state index in [0.717, 1.165) is 21.7 Å². The number of hydrogen-bond donors (Lipinski definition) is 1. The van der Waals surface area contributed by atoms with Crippen molar-refractivity contribution in [2.75, 3.05) is 0 Å². The Morgan fingerprint density at radius 1 is 1.04 bits per heavy atom. The number of hydrogen-bond acceptors (Lipinski definition) is 4. The molecule has 0 bridgehead atoms. The van der Waals surface area contributed by atoms with E-state index in [4.69, 9.17) is 0 Å². The molecule has 111 valence electrons. The molecule has 0 amide bonds. The fourth-order valence-electron chi connectivity index (χ4n) is 2.70. The molecule has 0 saturated heterocycles. The van der Waals surface area contributed by atoms with Crippen LogP contribution in [0.1, 0.15) is 11.1 Å². The minimum Gasteiger partial charge on any atom is -0.282 e. The summed E-state index contributed by atoms with van der Waals surface area (Å²) in [5, 5.41) is 0. The standard InChI is InChI=1S/C16H11NO3S2.Na/c18-22(19,20)14-9-10-5-1-2-6-11(10)15-16(14)21-13-8-4-3-7-12(13)17-15;/h1-8H,9H2,(H,18,19,20);. The predicted octanol–water partition coefficient (Wildman–Crippen LogP) is 3.19. The Bertz CT molecular complexity index is 965. The first-order chi connectivity index (χ1) is 10.5. The summed E-state index contributed by atoms with van der Waals surface area (Å²) in [7, 11) is -4.26. The molecule has 2 aromatic carbocycles. The smallest absolute Gasteiger partial charge is 0.282 e. The van der Waals surface area contributed by atoms with Crippen molar-refractivity contribution < 1.29 is 13.0 Å². The Balaban J connectivity index is 0.00000156. The average molecular weight is 352 g/mol. The molecule has 0 spiro atoms. The summed E-state index contributed by atoms with van der Waals surface area (Å²) in [5.41, 5.74) is 3.22. The molecule has 7 heteroatoms. The van der Waals surface area contributed by atoms with Crippen molar-refractivity contribution in [2.45, 2.75) is 11.3 Å². The Morgan fingerprint density at radius 2 is 1.74 bits per heavy atom. The summed E-state index contributed by atoms with van der Waals surface area (Å²) in [6, 6.07) is 15.1. The molecule has 1 aliphatic carbocycles. The topological polar surface area (TPSA) is 66.7 Å². The SMILES string of the molecule is O=S(=O)(O)C1=C2Sc3ccccc3N=C2c2ccccc2C1.[Na]. The van der Waals surface area contributed by atoms with Gasteiger partial charge in [-0.05, 0) is 17.7 Å². The van der Waals surface area contributed by atoms with E-state index < -0.39 is 10.1 Å². The van der Waals surface area contributed by atoms with Crippen LogP contribution in [0.4, 0.5) is 5.69 Å². The van der Waals surface area contributed by atoms with Crippen LogP contribution in [-0.2, 0) is 16.5 Å². The molecule has 1 radical (unpaired) electrons. The van der Waals surface area contributed by atoms with Gasteiger partial charge in [-0.3, -0.25) is 4.55 Å². The minimum absolute atomic E-state index is 0. The van der Waals surface area contributed by atoms with Crippen molar-refractivity contribution in [3.8, 4) is 0 Å². The molecule has 1 N–H and O–H groups in total. The molecular weight excluding hydrogens is 341 g/mol. The van der Waals surface area contributed by atoms with Gasteiger partial charge in [0.25, 0.3) is 10.1 Å². The Labute approximate surface area is 160 Å². The van der Waals surface area contributed by atoms with E-state index in [1.807, 2.05) is 48.5 Å². The van der Waals surface area contributed by atoms with Gasteiger partial charge in [-0.2, -0.15) is 8.42 Å². The van der Waals surface area contributed by atoms with Crippen molar-refractivity contribution in [1.82, 2.24) is 0 Å². The summed E-state index contributed by atoms with van der Waals surface area (Å²) in [5.74, 6) is 0. The zero-order chi connectivity index (χ0) is 15.3. The summed E-state index contributed by atoms with van der Waals surface area (Å²) in [6.45, 7) is 0. The molecule has 23 heavy (non-hydrogen) atoms. The summed E-state index contributed by atoms with van der Waals surface area (Å²) in [4.78, 5) is 6.08. The van der Waals surface area contributed by atoms with E-state index in [9.17, 15) is 13.0 Å². The molecule has 4 nitrogen and oxygen atoms in total. The van der Waals surface area contributed by atoms with Crippen molar-refractivity contribution in [2.24, 2.45) is 4.99 Å². The number of thioether (sulfide) groups is 1. The van der Waals surface area contributed by atoms with Gasteiger partial charge < -0.3 is 0 Å². The third-order valence-electron chi connectivity index (χ3n) is 3.71. The molecule has 2 aliphatic rings. The molecule has 0 fully saturated rings. The maximum absolute atomic E-state index is 11.8. The molecule has 4 rings (SSSR count). The van der Waals surface area contributed by atoms with Crippen molar-refractivity contribution >= 4 is 62.8 Å². The maximum Gasteiger partial charge on any atom is 0.292 e. The van der Waals surface area contributed by atoms with Crippen LogP contribution in [0.3, 0.4) is 0 Å². The number of fused-ring (bicyclic) bond motifs is 4. The van der Waals surface area contributed by atoms with Crippen LogP contribution in [0.2, 0.25) is 0 Å². The van der Waals surface area contributed by atoms with Crippen molar-refractivity contribution in [1.29, 1.82) is 0 Å². The molecule has 0 unspecified atom stereocenters. The first kappa shape index (κ1) is 17.0. The number of allylic oxidation sites excluding steroid dienone is 2. The van der Waals surface area contributed by atoms with Gasteiger partial charge in [-0.1, -0.05) is 48.2 Å². The molecule has 1 aliphatic heterocycles. The van der Waals surface area contributed by atoms with Crippen LogP contribution < -0.4 is 0 Å². The summed E-state index contributed by atoms with van der Waals surface area (Å²) in [6.07, 6.45) is 0.193. The van der Waals surface area contributed by atoms with Gasteiger partial charge in [-0.25, -0.2) is 4.99 Å². The zero-order valence-electron chi connectivity index (χ0n) is 12.4. The Morgan fingerprint density at radius 3 is 2.52 bits per heavy atom. The van der Waals surface area contributed by atoms with E-state index in [-0.39, 0.29) is 40.9 Å². The number of benzene rings is 2. The first-order valence-corrected chi connectivity index (χ1v) is 8.94. The maximum atomic E-state index is 11.8. The van der Waals surface area contributed by atoms with Gasteiger partial charge in [-0.15, -0.1) is 0 Å². The fraction of sp³-hybridized carbons (Fsp3) is 0.0625. The molecular formula is C16H11NNaO3S2. The van der Waals surface area contributed by atoms with Crippen molar-refractivity contribution in [3.63, 3.8) is 0 Å². The van der Waals surface area contributed by atoms with Crippen molar-refractivity contribution in [3.05, 3.63) is 69.5 Å². The fourth-order valence-corrected chi connectivity index (χ4v) is 4.84. The van der Waals surface area contributed by atoms with Gasteiger partial charge in [0.1, 0.15) is 0 Å². The van der Waals surface area contributed by atoms with Gasteiger partial charge in [0.2, 0.25) is 0 Å². The van der Waals surface area contributed by atoms with E-state index in [2.05, 4.69) is 4.99 Å². The number of nitrogens with zero attached hydrogens (tertiary/aromatic N) is 1. The Kier molecular flexibility index (Phi) is 4.57. The number of rotatable bonds is 1. The van der Waals surface area contributed by atoms with Gasteiger partial charge in [0, 0.05) is 46.4 Å². The number of para-hydroxylation sites is 1. The van der Waals surface area contributed by atoms with Crippen LogP contribution in [0.5, 0.6) is 0 Å². The monoisotopic (exact) mass is 352 g/mol. The quantitative estimate of drug-likeness (QED) is 0.632. The largest absolute Gasteiger partial charge is 0.292 e. The third kappa shape index (κ3) is 2.95. The van der Waals surface area contributed by atoms with E-state index >= 15 is 0 Å². The molecule has 1 heterocycles. The van der Waals surface area contributed by atoms with Crippen LogP contribution in [0.15, 0.2) is 68.2 Å². The van der Waals surface area contributed by atoms with E-state index in [1.54, 1.807) is 0 Å². The van der Waals surface area contributed by atoms with E-state index in [1.165, 1.54) is 11.8 Å². The average Bonchev–Trinajstić information content (AvgIpc) is 2.51. The summed E-state index contributed by atoms with van der Waals surface area (Å²) >= 11 is 1.35. The summed E-state index contributed by atoms with van der Waals surface area (Å²) < 4.78 is 33.2. The molecule has 0 aromatic heterocycles. The molecule has 0 saturated carbocycles. The van der Waals surface area contributed by atoms with Crippen LogP contribution >= 0.6 is 11.8 Å². The minimum atomic E-state index is -4.26. The molecule has 2 aromatic rings. The van der Waals surface area contributed by atoms with Gasteiger partial charge in [0.15, 0.2) is 0 Å². The third-order valence-corrected chi connectivity index (χ3v) is 6.02. The van der Waals surface area contributed by atoms with Crippen LogP contribution in [-0.4, -0.2) is 48.2 Å². The first-order valence-electron chi connectivity index (χ1n) is 6.69. The van der Waals surface area contributed by atoms with Crippen LogP contribution in [0.25, 0.3) is 0 Å². The van der Waals surface area contributed by atoms with Crippen LogP contribution in [0, 0.1) is 0 Å². The second-order valence-electron chi connectivity index (χ2n) is 5.09. The normalized spacial score (nSPS) is 15.8. The Hall–Kier alpha value is -0.890. The zero-order valence-corrected chi connectivity index (χ0v) is 16.0. The predicted molar refractivity (Wildman–Crippen MR) is 93.0 cm³/mol. The van der Waals surface area contributed by atoms with Gasteiger partial charge in [0.05, 0.1) is 21.2 Å². The van der Waals surface area contributed by atoms with E-state index in [0.29, 0.717) is 10.6 Å². The number of aliphatic imine (C=N–C) groups is 1. The molecule has 0 atom stereocenters. The second-order valence-corrected chi connectivity index (χ2v) is 7.59. The second kappa shape index (κ2) is 6.20.